The van der Waals surface area contributed by atoms with Gasteiger partial charge in [-0.15, -0.1) is 0 Å². The van der Waals surface area contributed by atoms with Gasteiger partial charge in [0.1, 0.15) is 5.75 Å². The number of rotatable bonds is 5. The molecule has 1 N–H and O–H groups in total. The second-order valence-corrected chi connectivity index (χ2v) is 4.92. The molecule has 2 aromatic rings. The van der Waals surface area contributed by atoms with Crippen molar-refractivity contribution in [2.45, 2.75) is 20.3 Å². The lowest BCUT2D eigenvalue weighted by molar-refractivity contribution is 0.414. The molecule has 106 valence electrons. The average Bonchev–Trinajstić information content (AvgIpc) is 2.45. The average molecular weight is 292 g/mol. The van der Waals surface area contributed by atoms with Gasteiger partial charge in [0.05, 0.1) is 18.5 Å². The number of methoxy groups -OCH3 is 1. The molecule has 0 bridgehead atoms. The summed E-state index contributed by atoms with van der Waals surface area (Å²) in [5.74, 6) is 1.51. The summed E-state index contributed by atoms with van der Waals surface area (Å²) in [6, 6.07) is 8.01. The zero-order chi connectivity index (χ0) is 14.5. The van der Waals surface area contributed by atoms with Crippen LogP contribution in [0.5, 0.6) is 5.75 Å². The van der Waals surface area contributed by atoms with Crippen LogP contribution in [-0.2, 0) is 6.42 Å². The van der Waals surface area contributed by atoms with Crippen molar-refractivity contribution in [3.63, 3.8) is 0 Å². The molecule has 0 aliphatic heterocycles. The predicted octanol–water partition coefficient (Wildman–Crippen LogP) is 3.41. The Bertz CT molecular complexity index is 584. The summed E-state index contributed by atoms with van der Waals surface area (Å²) < 4.78 is 5.13. The highest BCUT2D eigenvalue weighted by Gasteiger charge is 2.06. The van der Waals surface area contributed by atoms with E-state index >= 15 is 0 Å². The molecule has 0 amide bonds. The second kappa shape index (κ2) is 6.57. The van der Waals surface area contributed by atoms with E-state index < -0.39 is 0 Å². The number of aromatic nitrogens is 2. The first-order chi connectivity index (χ1) is 9.60. The van der Waals surface area contributed by atoms with Crippen LogP contribution in [0.2, 0.25) is 5.15 Å². The Morgan fingerprint density at radius 3 is 2.40 bits per heavy atom. The van der Waals surface area contributed by atoms with E-state index in [9.17, 15) is 0 Å². The first-order valence-electron chi connectivity index (χ1n) is 6.47. The van der Waals surface area contributed by atoms with Gasteiger partial charge in [-0.3, -0.25) is 0 Å². The summed E-state index contributed by atoms with van der Waals surface area (Å²) in [5, 5.41) is 3.64. The van der Waals surface area contributed by atoms with Gasteiger partial charge in [-0.25, -0.2) is 9.97 Å². The molecule has 0 unspecified atom stereocenters. The quantitative estimate of drug-likeness (QED) is 0.917. The Morgan fingerprint density at radius 2 is 1.75 bits per heavy atom. The van der Waals surface area contributed by atoms with E-state index in [1.165, 1.54) is 5.56 Å². The Kier molecular flexibility index (Phi) is 4.79. The van der Waals surface area contributed by atoms with Gasteiger partial charge < -0.3 is 10.1 Å². The second-order valence-electron chi connectivity index (χ2n) is 4.56. The minimum atomic E-state index is 0.419. The van der Waals surface area contributed by atoms with Crippen molar-refractivity contribution in [3.05, 3.63) is 46.4 Å². The van der Waals surface area contributed by atoms with E-state index in [4.69, 9.17) is 16.3 Å². The van der Waals surface area contributed by atoms with E-state index in [2.05, 4.69) is 15.3 Å². The summed E-state index contributed by atoms with van der Waals surface area (Å²) in [6.07, 6.45) is 0.884. The number of hydrogen-bond donors (Lipinski definition) is 1. The minimum Gasteiger partial charge on any atom is -0.497 e. The number of aryl methyl sites for hydroxylation is 2. The van der Waals surface area contributed by atoms with Crippen LogP contribution in [0.3, 0.4) is 0 Å². The van der Waals surface area contributed by atoms with Crippen molar-refractivity contribution in [3.8, 4) is 5.75 Å². The highest BCUT2D eigenvalue weighted by atomic mass is 35.5. The zero-order valence-electron chi connectivity index (χ0n) is 11.9. The molecule has 1 aromatic carbocycles. The summed E-state index contributed by atoms with van der Waals surface area (Å²) in [4.78, 5) is 8.65. The fourth-order valence-corrected chi connectivity index (χ4v) is 2.04. The molecule has 0 aliphatic rings. The van der Waals surface area contributed by atoms with Crippen molar-refractivity contribution in [2.24, 2.45) is 0 Å². The van der Waals surface area contributed by atoms with Crippen molar-refractivity contribution < 1.29 is 4.74 Å². The smallest absolute Gasteiger partial charge is 0.171 e. The maximum atomic E-state index is 6.07. The van der Waals surface area contributed by atoms with Crippen LogP contribution in [0.1, 0.15) is 17.0 Å². The normalized spacial score (nSPS) is 10.4. The highest BCUT2D eigenvalue weighted by Crippen LogP contribution is 2.18. The predicted molar refractivity (Wildman–Crippen MR) is 81.7 cm³/mol. The summed E-state index contributed by atoms with van der Waals surface area (Å²) in [6.45, 7) is 4.58. The van der Waals surface area contributed by atoms with Crippen LogP contribution < -0.4 is 10.1 Å². The molecule has 4 nitrogen and oxygen atoms in total. The standard InChI is InChI=1S/C15H18ClN3O/c1-10-11(2)19-15(14(16)18-10)17-9-8-12-4-6-13(20-3)7-5-12/h4-7H,8-9H2,1-3H3,(H,17,19). The van der Waals surface area contributed by atoms with Crippen LogP contribution in [0.25, 0.3) is 0 Å². The third-order valence-corrected chi connectivity index (χ3v) is 3.39. The molecular weight excluding hydrogens is 274 g/mol. The van der Waals surface area contributed by atoms with Gasteiger partial charge in [-0.2, -0.15) is 0 Å². The van der Waals surface area contributed by atoms with Crippen molar-refractivity contribution in [2.75, 3.05) is 19.0 Å². The monoisotopic (exact) mass is 291 g/mol. The summed E-state index contributed by atoms with van der Waals surface area (Å²) >= 11 is 6.07. The molecule has 0 atom stereocenters. The third kappa shape index (κ3) is 3.61. The van der Waals surface area contributed by atoms with E-state index in [0.29, 0.717) is 11.0 Å². The minimum absolute atomic E-state index is 0.419. The Balaban J connectivity index is 1.94. The van der Waals surface area contributed by atoms with Gasteiger partial charge in [0, 0.05) is 6.54 Å². The zero-order valence-corrected chi connectivity index (χ0v) is 12.7. The largest absolute Gasteiger partial charge is 0.497 e. The van der Waals surface area contributed by atoms with Gasteiger partial charge in [0.25, 0.3) is 0 Å². The van der Waals surface area contributed by atoms with Gasteiger partial charge in [0.15, 0.2) is 11.0 Å². The molecule has 2 rings (SSSR count). The number of ether oxygens (including phenoxy) is 1. The van der Waals surface area contributed by atoms with Crippen LogP contribution in [0.4, 0.5) is 5.82 Å². The fraction of sp³-hybridized carbons (Fsp3) is 0.333. The lowest BCUT2D eigenvalue weighted by Gasteiger charge is -2.09. The molecule has 0 saturated heterocycles. The van der Waals surface area contributed by atoms with E-state index in [-0.39, 0.29) is 0 Å². The van der Waals surface area contributed by atoms with E-state index in [1.54, 1.807) is 7.11 Å². The number of nitrogens with one attached hydrogen (secondary N) is 1. The number of benzene rings is 1. The van der Waals surface area contributed by atoms with Crippen LogP contribution in [-0.4, -0.2) is 23.6 Å². The van der Waals surface area contributed by atoms with Gasteiger partial charge in [-0.05, 0) is 38.0 Å². The van der Waals surface area contributed by atoms with Gasteiger partial charge in [0.2, 0.25) is 0 Å². The summed E-state index contributed by atoms with van der Waals surface area (Å²) in [5.41, 5.74) is 2.98. The molecule has 0 aliphatic carbocycles. The van der Waals surface area contributed by atoms with Crippen molar-refractivity contribution in [1.29, 1.82) is 0 Å². The molecule has 5 heteroatoms. The molecule has 1 aromatic heterocycles. The first-order valence-corrected chi connectivity index (χ1v) is 6.85. The first kappa shape index (κ1) is 14.6. The van der Waals surface area contributed by atoms with Gasteiger partial charge in [-0.1, -0.05) is 23.7 Å². The van der Waals surface area contributed by atoms with Crippen LogP contribution in [0.15, 0.2) is 24.3 Å². The molecule has 0 radical (unpaired) electrons. The molecule has 0 spiro atoms. The lowest BCUT2D eigenvalue weighted by Crippen LogP contribution is -2.09. The molecule has 20 heavy (non-hydrogen) atoms. The fourth-order valence-electron chi connectivity index (χ4n) is 1.81. The van der Waals surface area contributed by atoms with Crippen molar-refractivity contribution in [1.82, 2.24) is 9.97 Å². The molecule has 1 heterocycles. The Morgan fingerprint density at radius 1 is 1.10 bits per heavy atom. The summed E-state index contributed by atoms with van der Waals surface area (Å²) in [7, 11) is 1.66. The SMILES string of the molecule is COc1ccc(CCNc2nc(C)c(C)nc2Cl)cc1. The maximum Gasteiger partial charge on any atom is 0.171 e. The number of anilines is 1. The number of nitrogens with zero attached hydrogens (tertiary/aromatic N) is 2. The van der Waals surface area contributed by atoms with Crippen molar-refractivity contribution >= 4 is 17.4 Å². The topological polar surface area (TPSA) is 47.0 Å². The number of hydrogen-bond acceptors (Lipinski definition) is 4. The third-order valence-electron chi connectivity index (χ3n) is 3.13. The molecular formula is C15H18ClN3O. The highest BCUT2D eigenvalue weighted by molar-refractivity contribution is 6.31. The van der Waals surface area contributed by atoms with Crippen LogP contribution in [0, 0.1) is 13.8 Å². The Labute approximate surface area is 124 Å². The number of halogens is 1. The van der Waals surface area contributed by atoms with E-state index in [1.807, 2.05) is 38.1 Å². The molecule has 0 saturated carbocycles. The van der Waals surface area contributed by atoms with Crippen LogP contribution >= 0.6 is 11.6 Å². The lowest BCUT2D eigenvalue weighted by atomic mass is 10.1. The van der Waals surface area contributed by atoms with E-state index in [0.717, 1.165) is 30.1 Å². The molecule has 0 fully saturated rings. The maximum absolute atomic E-state index is 6.07. The van der Waals surface area contributed by atoms with Gasteiger partial charge >= 0.3 is 0 Å². The Hall–Kier alpha value is -1.81.